The topological polar surface area (TPSA) is 79.8 Å². The molecule has 0 radical (unpaired) electrons. The van der Waals surface area contributed by atoms with Gasteiger partial charge >= 0.3 is 0 Å². The summed E-state index contributed by atoms with van der Waals surface area (Å²) in [5, 5.41) is 6.11. The van der Waals surface area contributed by atoms with Crippen LogP contribution in [0.2, 0.25) is 10.0 Å². The Morgan fingerprint density at radius 1 is 1.43 bits per heavy atom. The maximum atomic E-state index is 12.0. The molecule has 23 heavy (non-hydrogen) atoms. The minimum atomic E-state index is -0.501. The minimum absolute atomic E-state index is 0.0417. The molecule has 2 amide bonds. The first kappa shape index (κ1) is 18.1. The maximum Gasteiger partial charge on any atom is 0.240 e. The molecule has 1 saturated heterocycles. The number of amides is 2. The summed E-state index contributed by atoms with van der Waals surface area (Å²) in [4.78, 5) is 28.1. The van der Waals surface area contributed by atoms with E-state index in [1.165, 1.54) is 11.8 Å². The number of hydrogen-bond donors (Lipinski definition) is 2. The van der Waals surface area contributed by atoms with Gasteiger partial charge in [0, 0.05) is 19.2 Å². The Balaban J connectivity index is 1.88. The Labute approximate surface area is 148 Å². The summed E-state index contributed by atoms with van der Waals surface area (Å²) in [6.45, 7) is 0.934. The number of methoxy groups -OCH3 is 1. The third-order valence-electron chi connectivity index (χ3n) is 2.90. The van der Waals surface area contributed by atoms with Crippen LogP contribution in [0.15, 0.2) is 23.2 Å². The van der Waals surface area contributed by atoms with Crippen LogP contribution in [0.3, 0.4) is 0 Å². The molecule has 1 heterocycles. The summed E-state index contributed by atoms with van der Waals surface area (Å²) in [5.41, 5.74) is 0.529. The molecule has 1 aromatic rings. The average molecular weight is 376 g/mol. The zero-order valence-electron chi connectivity index (χ0n) is 12.3. The number of anilines is 1. The predicted molar refractivity (Wildman–Crippen MR) is 93.4 cm³/mol. The molecule has 1 aliphatic rings. The van der Waals surface area contributed by atoms with Gasteiger partial charge in [0.15, 0.2) is 5.17 Å². The van der Waals surface area contributed by atoms with Gasteiger partial charge in [0.2, 0.25) is 11.8 Å². The number of hydrogen-bond acceptors (Lipinski definition) is 5. The van der Waals surface area contributed by atoms with Crippen LogP contribution in [-0.2, 0) is 14.3 Å². The number of halogens is 2. The number of amidine groups is 1. The first-order valence-electron chi connectivity index (χ1n) is 6.75. The number of nitrogens with one attached hydrogen (secondary N) is 2. The molecule has 2 rings (SSSR count). The van der Waals surface area contributed by atoms with E-state index in [4.69, 9.17) is 27.9 Å². The molecule has 1 aliphatic heterocycles. The van der Waals surface area contributed by atoms with E-state index in [1.807, 2.05) is 0 Å². The number of nitrogens with zero attached hydrogens (tertiary/aromatic N) is 1. The van der Waals surface area contributed by atoms with E-state index in [9.17, 15) is 9.59 Å². The number of aliphatic imine (C=N–C) groups is 1. The van der Waals surface area contributed by atoms with Crippen molar-refractivity contribution in [2.45, 2.75) is 11.7 Å². The number of ether oxygens (including phenoxy) is 1. The smallest absolute Gasteiger partial charge is 0.240 e. The lowest BCUT2D eigenvalue weighted by molar-refractivity contribution is -0.122. The van der Waals surface area contributed by atoms with Gasteiger partial charge in [0.1, 0.15) is 5.25 Å². The van der Waals surface area contributed by atoms with Crippen LogP contribution in [0, 0.1) is 0 Å². The number of carbonyl (C=O) groups excluding carboxylic acids is 2. The van der Waals surface area contributed by atoms with Crippen molar-refractivity contribution in [2.75, 3.05) is 25.6 Å². The molecule has 1 aromatic carbocycles. The van der Waals surface area contributed by atoms with Gasteiger partial charge in [-0.1, -0.05) is 35.0 Å². The van der Waals surface area contributed by atoms with Gasteiger partial charge < -0.3 is 15.4 Å². The molecule has 0 unspecified atom stereocenters. The quantitative estimate of drug-likeness (QED) is 0.748. The van der Waals surface area contributed by atoms with Crippen LogP contribution in [0.1, 0.15) is 6.42 Å². The van der Waals surface area contributed by atoms with Gasteiger partial charge in [0.25, 0.3) is 0 Å². The van der Waals surface area contributed by atoms with Gasteiger partial charge in [-0.05, 0) is 18.2 Å². The highest BCUT2D eigenvalue weighted by molar-refractivity contribution is 8.15. The molecule has 1 fully saturated rings. The Morgan fingerprint density at radius 3 is 2.91 bits per heavy atom. The van der Waals surface area contributed by atoms with Gasteiger partial charge in [-0.3, -0.25) is 14.6 Å². The van der Waals surface area contributed by atoms with E-state index in [0.29, 0.717) is 34.1 Å². The molecule has 0 saturated carbocycles. The molecule has 2 N–H and O–H groups in total. The van der Waals surface area contributed by atoms with Gasteiger partial charge in [-0.25, -0.2) is 0 Å². The monoisotopic (exact) mass is 375 g/mol. The normalized spacial score (nSPS) is 19.0. The number of benzene rings is 1. The van der Waals surface area contributed by atoms with Crippen LogP contribution in [0.25, 0.3) is 0 Å². The molecular formula is C14H15Cl2N3O3S. The summed E-state index contributed by atoms with van der Waals surface area (Å²) in [5.74, 6) is -0.510. The van der Waals surface area contributed by atoms with Crippen LogP contribution in [0.5, 0.6) is 0 Å². The fourth-order valence-electron chi connectivity index (χ4n) is 1.81. The molecule has 0 spiro atoms. The van der Waals surface area contributed by atoms with Crippen molar-refractivity contribution in [3.63, 3.8) is 0 Å². The lowest BCUT2D eigenvalue weighted by atomic mass is 10.2. The molecule has 0 bridgehead atoms. The SMILES string of the molecule is COCCN=C1NC(=O)[C@@H](CC(=O)Nc2ccc(Cl)c(Cl)c2)S1. The first-order chi connectivity index (χ1) is 11.0. The zero-order chi connectivity index (χ0) is 16.8. The number of rotatable bonds is 6. The van der Waals surface area contributed by atoms with Crippen molar-refractivity contribution >= 4 is 57.6 Å². The zero-order valence-corrected chi connectivity index (χ0v) is 14.6. The molecule has 1 atom stereocenters. The summed E-state index contributed by atoms with van der Waals surface area (Å²) in [6.07, 6.45) is 0.0417. The summed E-state index contributed by atoms with van der Waals surface area (Å²) in [6, 6.07) is 4.80. The van der Waals surface area contributed by atoms with Gasteiger partial charge in [-0.15, -0.1) is 0 Å². The van der Waals surface area contributed by atoms with Crippen LogP contribution >= 0.6 is 35.0 Å². The van der Waals surface area contributed by atoms with Gasteiger partial charge in [-0.2, -0.15) is 0 Å². The predicted octanol–water partition coefficient (Wildman–Crippen LogP) is 2.56. The van der Waals surface area contributed by atoms with Crippen molar-refractivity contribution in [3.8, 4) is 0 Å². The third-order valence-corrected chi connectivity index (χ3v) is 4.76. The molecule has 6 nitrogen and oxygen atoms in total. The van der Waals surface area contributed by atoms with Crippen molar-refractivity contribution in [1.82, 2.24) is 5.32 Å². The van der Waals surface area contributed by atoms with Crippen molar-refractivity contribution in [3.05, 3.63) is 28.2 Å². The highest BCUT2D eigenvalue weighted by atomic mass is 35.5. The third kappa shape index (κ3) is 5.39. The van der Waals surface area contributed by atoms with E-state index >= 15 is 0 Å². The Bertz CT molecular complexity index is 640. The highest BCUT2D eigenvalue weighted by Crippen LogP contribution is 2.26. The number of carbonyl (C=O) groups is 2. The van der Waals surface area contributed by atoms with E-state index in [2.05, 4.69) is 15.6 Å². The summed E-state index contributed by atoms with van der Waals surface area (Å²) in [7, 11) is 1.58. The van der Waals surface area contributed by atoms with Crippen molar-refractivity contribution in [1.29, 1.82) is 0 Å². The maximum absolute atomic E-state index is 12.0. The second-order valence-electron chi connectivity index (χ2n) is 4.66. The number of thioether (sulfide) groups is 1. The van der Waals surface area contributed by atoms with E-state index < -0.39 is 5.25 Å². The second kappa shape index (κ2) is 8.54. The first-order valence-corrected chi connectivity index (χ1v) is 8.39. The summed E-state index contributed by atoms with van der Waals surface area (Å²) < 4.78 is 4.89. The van der Waals surface area contributed by atoms with Gasteiger partial charge in [0.05, 0.1) is 23.2 Å². The molecule has 9 heteroatoms. The molecule has 0 aromatic heterocycles. The highest BCUT2D eigenvalue weighted by Gasteiger charge is 2.31. The lowest BCUT2D eigenvalue weighted by Gasteiger charge is -2.08. The summed E-state index contributed by atoms with van der Waals surface area (Å²) >= 11 is 13.0. The Morgan fingerprint density at radius 2 is 2.22 bits per heavy atom. The van der Waals surface area contributed by atoms with Crippen LogP contribution < -0.4 is 10.6 Å². The minimum Gasteiger partial charge on any atom is -0.383 e. The fraction of sp³-hybridized carbons (Fsp3) is 0.357. The molecular weight excluding hydrogens is 361 g/mol. The Hall–Kier alpha value is -1.28. The molecule has 0 aliphatic carbocycles. The van der Waals surface area contributed by atoms with E-state index in [1.54, 1.807) is 25.3 Å². The van der Waals surface area contributed by atoms with Crippen molar-refractivity contribution in [2.24, 2.45) is 4.99 Å². The second-order valence-corrected chi connectivity index (χ2v) is 6.66. The average Bonchev–Trinajstić information content (AvgIpc) is 2.83. The standard InChI is InChI=1S/C14H15Cl2N3O3S/c1-22-5-4-17-14-19-13(21)11(23-14)7-12(20)18-8-2-3-9(15)10(16)6-8/h2-3,6,11H,4-5,7H2,1H3,(H,18,20)(H,17,19,21)/t11-/m1/s1. The fourth-order valence-corrected chi connectivity index (χ4v) is 3.10. The van der Waals surface area contributed by atoms with E-state index in [-0.39, 0.29) is 18.2 Å². The Kier molecular flexibility index (Phi) is 6.71. The van der Waals surface area contributed by atoms with E-state index in [0.717, 1.165) is 0 Å². The van der Waals surface area contributed by atoms with Crippen LogP contribution in [0.4, 0.5) is 5.69 Å². The molecule has 124 valence electrons. The lowest BCUT2D eigenvalue weighted by Crippen LogP contribution is -2.28. The van der Waals surface area contributed by atoms with Crippen molar-refractivity contribution < 1.29 is 14.3 Å². The van der Waals surface area contributed by atoms with Crippen LogP contribution in [-0.4, -0.2) is 42.5 Å². The largest absolute Gasteiger partial charge is 0.383 e.